The number of ether oxygens (including phenoxy) is 1. The van der Waals surface area contributed by atoms with Crippen molar-refractivity contribution in [1.29, 1.82) is 0 Å². The molecule has 0 atom stereocenters. The molecule has 0 fully saturated rings. The summed E-state index contributed by atoms with van der Waals surface area (Å²) in [5, 5.41) is 5.55. The van der Waals surface area contributed by atoms with Crippen LogP contribution in [0.5, 0.6) is 5.75 Å². The van der Waals surface area contributed by atoms with Crippen LogP contribution in [-0.2, 0) is 6.42 Å². The number of hydrogen-bond acceptors (Lipinski definition) is 5. The Kier molecular flexibility index (Phi) is 7.00. The van der Waals surface area contributed by atoms with E-state index in [1.165, 1.54) is 24.3 Å². The van der Waals surface area contributed by atoms with Crippen molar-refractivity contribution in [2.45, 2.75) is 26.2 Å². The van der Waals surface area contributed by atoms with Crippen molar-refractivity contribution in [3.05, 3.63) is 84.7 Å². The van der Waals surface area contributed by atoms with E-state index in [1.807, 2.05) is 0 Å². The molecule has 0 radical (unpaired) electrons. The molecule has 1 aromatic heterocycles. The Morgan fingerprint density at radius 2 is 1.70 bits per heavy atom. The number of fused-ring (bicyclic) bond motifs is 1. The zero-order chi connectivity index (χ0) is 23.7. The maximum Gasteiger partial charge on any atom is 0.379 e. The first-order valence-electron chi connectivity index (χ1n) is 9.86. The standard InChI is InChI=1S/C23H16Cl4N2O4/c1-11-20-17(28-29-22(30)14-7-5-12(24)9-15(14)26)3-2-4-19(20)32-21(11)23(31)33-18-8-6-13(25)10-16(18)27/h5-10H,2-4H2,1H3,(H,29,30)/b28-17+. The summed E-state index contributed by atoms with van der Waals surface area (Å²) in [7, 11) is 0. The van der Waals surface area contributed by atoms with Crippen LogP contribution in [0.25, 0.3) is 0 Å². The number of rotatable bonds is 4. The van der Waals surface area contributed by atoms with Gasteiger partial charge in [0, 0.05) is 27.6 Å². The molecule has 1 amide bonds. The molecule has 1 heterocycles. The molecule has 10 heteroatoms. The Bertz CT molecular complexity index is 1300. The molecule has 3 aromatic rings. The number of nitrogens with one attached hydrogen (secondary N) is 1. The predicted molar refractivity (Wildman–Crippen MR) is 128 cm³/mol. The molecule has 6 nitrogen and oxygen atoms in total. The molecule has 2 aromatic carbocycles. The van der Waals surface area contributed by atoms with E-state index in [2.05, 4.69) is 10.5 Å². The lowest BCUT2D eigenvalue weighted by Crippen LogP contribution is -2.22. The monoisotopic (exact) mass is 524 g/mol. The van der Waals surface area contributed by atoms with E-state index in [0.29, 0.717) is 45.5 Å². The Morgan fingerprint density at radius 1 is 1.00 bits per heavy atom. The van der Waals surface area contributed by atoms with Crippen molar-refractivity contribution < 1.29 is 18.7 Å². The number of carbonyl (C=O) groups is 2. The molecule has 0 spiro atoms. The summed E-state index contributed by atoms with van der Waals surface area (Å²) in [4.78, 5) is 25.3. The van der Waals surface area contributed by atoms with Gasteiger partial charge in [0.1, 0.15) is 11.5 Å². The first kappa shape index (κ1) is 23.6. The fraction of sp³-hybridized carbons (Fsp3) is 0.174. The number of carbonyl (C=O) groups excluding carboxylic acids is 2. The third kappa shape index (κ3) is 5.04. The smallest absolute Gasteiger partial charge is 0.379 e. The van der Waals surface area contributed by atoms with Gasteiger partial charge >= 0.3 is 5.97 Å². The molecule has 0 saturated carbocycles. The molecule has 170 valence electrons. The van der Waals surface area contributed by atoms with Crippen LogP contribution in [-0.4, -0.2) is 17.6 Å². The summed E-state index contributed by atoms with van der Waals surface area (Å²) in [6, 6.07) is 9.12. The van der Waals surface area contributed by atoms with Crippen molar-refractivity contribution in [2.75, 3.05) is 0 Å². The highest BCUT2D eigenvalue weighted by atomic mass is 35.5. The number of amides is 1. The van der Waals surface area contributed by atoms with E-state index in [1.54, 1.807) is 19.1 Å². The lowest BCUT2D eigenvalue weighted by atomic mass is 9.93. The minimum atomic E-state index is -0.692. The SMILES string of the molecule is Cc1c(C(=O)Oc2ccc(Cl)cc2Cl)oc2c1/C(=N/NC(=O)c1ccc(Cl)cc1Cl)CCC2. The maximum absolute atomic E-state index is 12.8. The van der Waals surface area contributed by atoms with Crippen molar-refractivity contribution in [2.24, 2.45) is 5.10 Å². The van der Waals surface area contributed by atoms with E-state index in [-0.39, 0.29) is 27.1 Å². The Balaban J connectivity index is 1.58. The highest BCUT2D eigenvalue weighted by molar-refractivity contribution is 6.37. The van der Waals surface area contributed by atoms with E-state index in [0.717, 1.165) is 6.42 Å². The normalized spacial score (nSPS) is 14.2. The van der Waals surface area contributed by atoms with Gasteiger partial charge in [0.05, 0.1) is 21.3 Å². The molecule has 0 saturated heterocycles. The zero-order valence-electron chi connectivity index (χ0n) is 17.2. The van der Waals surface area contributed by atoms with Crippen molar-refractivity contribution in [3.63, 3.8) is 0 Å². The summed E-state index contributed by atoms with van der Waals surface area (Å²) >= 11 is 24.0. The lowest BCUT2D eigenvalue weighted by Gasteiger charge is -2.13. The van der Waals surface area contributed by atoms with E-state index < -0.39 is 11.9 Å². The van der Waals surface area contributed by atoms with E-state index in [4.69, 9.17) is 55.6 Å². The van der Waals surface area contributed by atoms with Crippen LogP contribution in [0.3, 0.4) is 0 Å². The summed E-state index contributed by atoms with van der Waals surface area (Å²) in [6.45, 7) is 1.74. The number of furan rings is 1. The molecule has 1 aliphatic rings. The second-order valence-corrected chi connectivity index (χ2v) is 8.98. The minimum Gasteiger partial charge on any atom is -0.453 e. The quantitative estimate of drug-likeness (QED) is 0.228. The summed E-state index contributed by atoms with van der Waals surface area (Å²) in [5.74, 6) is -0.351. The largest absolute Gasteiger partial charge is 0.453 e. The van der Waals surface area contributed by atoms with Gasteiger partial charge in [-0.05, 0) is 56.2 Å². The molecule has 1 aliphatic carbocycles. The van der Waals surface area contributed by atoms with Gasteiger partial charge < -0.3 is 9.15 Å². The fourth-order valence-electron chi connectivity index (χ4n) is 3.53. The molecule has 0 aliphatic heterocycles. The van der Waals surface area contributed by atoms with Gasteiger partial charge in [-0.1, -0.05) is 46.4 Å². The number of esters is 1. The average molecular weight is 526 g/mol. The number of hydrazone groups is 1. The van der Waals surface area contributed by atoms with Gasteiger partial charge in [-0.3, -0.25) is 4.79 Å². The van der Waals surface area contributed by atoms with Gasteiger partial charge in [0.25, 0.3) is 5.91 Å². The second-order valence-electron chi connectivity index (χ2n) is 7.30. The number of hydrogen-bond donors (Lipinski definition) is 1. The number of halogens is 4. The van der Waals surface area contributed by atoms with Crippen LogP contribution < -0.4 is 10.2 Å². The maximum atomic E-state index is 12.8. The van der Waals surface area contributed by atoms with Crippen LogP contribution in [0.15, 0.2) is 45.9 Å². The summed E-state index contributed by atoms with van der Waals surface area (Å²) < 4.78 is 11.2. The molecule has 1 N–H and O–H groups in total. The van der Waals surface area contributed by atoms with Crippen LogP contribution >= 0.6 is 46.4 Å². The number of nitrogens with zero attached hydrogens (tertiary/aromatic N) is 1. The van der Waals surface area contributed by atoms with Crippen LogP contribution in [0.2, 0.25) is 20.1 Å². The molecule has 0 unspecified atom stereocenters. The third-order valence-corrected chi connectivity index (χ3v) is 6.15. The third-order valence-electron chi connectivity index (χ3n) is 5.08. The molecule has 0 bridgehead atoms. The number of benzene rings is 2. The van der Waals surface area contributed by atoms with Crippen molar-refractivity contribution in [1.82, 2.24) is 5.43 Å². The lowest BCUT2D eigenvalue weighted by molar-refractivity contribution is 0.0698. The topological polar surface area (TPSA) is 80.9 Å². The summed E-state index contributed by atoms with van der Waals surface area (Å²) in [6.07, 6.45) is 1.97. The van der Waals surface area contributed by atoms with Gasteiger partial charge in [-0.2, -0.15) is 5.10 Å². The van der Waals surface area contributed by atoms with Crippen LogP contribution in [0, 0.1) is 6.92 Å². The first-order chi connectivity index (χ1) is 15.7. The number of aryl methyl sites for hydroxylation is 1. The van der Waals surface area contributed by atoms with Gasteiger partial charge in [-0.25, -0.2) is 10.2 Å². The Labute approximate surface area is 209 Å². The average Bonchev–Trinajstić information content (AvgIpc) is 3.11. The zero-order valence-corrected chi connectivity index (χ0v) is 20.2. The molecular weight excluding hydrogens is 510 g/mol. The van der Waals surface area contributed by atoms with Gasteiger partial charge in [0.15, 0.2) is 0 Å². The van der Waals surface area contributed by atoms with Crippen molar-refractivity contribution in [3.8, 4) is 5.75 Å². The fourth-order valence-corrected chi connectivity index (χ4v) is 4.47. The molecular formula is C23H16Cl4N2O4. The Hall–Kier alpha value is -2.51. The summed E-state index contributed by atoms with van der Waals surface area (Å²) in [5.41, 5.74) is 4.61. The van der Waals surface area contributed by atoms with E-state index in [9.17, 15) is 9.59 Å². The highest BCUT2D eigenvalue weighted by Gasteiger charge is 2.29. The predicted octanol–water partition coefficient (Wildman–Crippen LogP) is 6.89. The van der Waals surface area contributed by atoms with Crippen LogP contribution in [0.4, 0.5) is 0 Å². The van der Waals surface area contributed by atoms with Crippen molar-refractivity contribution >= 4 is 64.0 Å². The first-order valence-corrected chi connectivity index (χ1v) is 11.4. The minimum absolute atomic E-state index is 0.0488. The van der Waals surface area contributed by atoms with Gasteiger partial charge in [-0.15, -0.1) is 0 Å². The van der Waals surface area contributed by atoms with E-state index >= 15 is 0 Å². The second kappa shape index (κ2) is 9.77. The molecule has 4 rings (SSSR count). The Morgan fingerprint density at radius 3 is 2.39 bits per heavy atom. The van der Waals surface area contributed by atoms with Crippen LogP contribution in [0.1, 0.15) is 50.6 Å². The molecule has 33 heavy (non-hydrogen) atoms. The highest BCUT2D eigenvalue weighted by Crippen LogP contribution is 2.32. The van der Waals surface area contributed by atoms with Gasteiger partial charge in [0.2, 0.25) is 5.76 Å².